The molecule has 3 aromatic heterocycles. The first kappa shape index (κ1) is 18.5. The highest BCUT2D eigenvalue weighted by atomic mass is 32.2. The van der Waals surface area contributed by atoms with Crippen LogP contribution in [0.25, 0.3) is 17.2 Å². The molecule has 0 spiro atoms. The molecule has 3 heterocycles. The molecule has 0 aliphatic carbocycles. The first-order chi connectivity index (χ1) is 14.1. The van der Waals surface area contributed by atoms with Gasteiger partial charge in [0, 0.05) is 24.0 Å². The molecule has 10 nitrogen and oxygen atoms in total. The van der Waals surface area contributed by atoms with Crippen molar-refractivity contribution in [1.82, 2.24) is 24.8 Å². The molecule has 1 N–H and O–H groups in total. The second kappa shape index (κ2) is 8.02. The van der Waals surface area contributed by atoms with E-state index in [9.17, 15) is 14.9 Å². The lowest BCUT2D eigenvalue weighted by Gasteiger charge is -2.05. The molecule has 0 fully saturated rings. The van der Waals surface area contributed by atoms with Crippen molar-refractivity contribution in [2.45, 2.75) is 5.03 Å². The average Bonchev–Trinajstić information content (AvgIpc) is 3.16. The SMILES string of the molecule is O=C(CSc1ccc2nnc(-c3ccccn3)n2n1)Nc1cccc([N+](=O)[O-])c1. The maximum atomic E-state index is 12.2. The second-order valence-electron chi connectivity index (χ2n) is 5.82. The largest absolute Gasteiger partial charge is 0.325 e. The van der Waals surface area contributed by atoms with Gasteiger partial charge in [0.2, 0.25) is 11.7 Å². The Bertz CT molecular complexity index is 1200. The van der Waals surface area contributed by atoms with Crippen LogP contribution in [0.5, 0.6) is 0 Å². The van der Waals surface area contributed by atoms with E-state index >= 15 is 0 Å². The van der Waals surface area contributed by atoms with Gasteiger partial charge in [0.15, 0.2) is 5.65 Å². The third kappa shape index (κ3) is 4.19. The number of nitro benzene ring substituents is 1. The topological polar surface area (TPSA) is 128 Å². The van der Waals surface area contributed by atoms with Crippen molar-refractivity contribution in [3.63, 3.8) is 0 Å². The number of carbonyl (C=O) groups is 1. The van der Waals surface area contributed by atoms with Gasteiger partial charge in [-0.15, -0.1) is 10.2 Å². The predicted molar refractivity (Wildman–Crippen MR) is 106 cm³/mol. The van der Waals surface area contributed by atoms with Crippen molar-refractivity contribution >= 4 is 34.7 Å². The number of amides is 1. The lowest BCUT2D eigenvalue weighted by molar-refractivity contribution is -0.384. The van der Waals surface area contributed by atoms with Gasteiger partial charge in [-0.3, -0.25) is 19.9 Å². The van der Waals surface area contributed by atoms with Crippen molar-refractivity contribution in [1.29, 1.82) is 0 Å². The first-order valence-corrected chi connectivity index (χ1v) is 9.40. The Morgan fingerprint density at radius 3 is 2.83 bits per heavy atom. The van der Waals surface area contributed by atoms with Gasteiger partial charge in [-0.1, -0.05) is 23.9 Å². The van der Waals surface area contributed by atoms with Crippen molar-refractivity contribution in [3.05, 3.63) is 70.9 Å². The van der Waals surface area contributed by atoms with Gasteiger partial charge in [-0.25, -0.2) is 0 Å². The summed E-state index contributed by atoms with van der Waals surface area (Å²) in [5, 5.41) is 26.7. The minimum Gasteiger partial charge on any atom is -0.325 e. The maximum Gasteiger partial charge on any atom is 0.271 e. The molecule has 0 atom stereocenters. The van der Waals surface area contributed by atoms with E-state index in [0.29, 0.717) is 27.9 Å². The molecule has 11 heteroatoms. The third-order valence-corrected chi connectivity index (χ3v) is 4.74. The zero-order chi connectivity index (χ0) is 20.2. The monoisotopic (exact) mass is 407 g/mol. The number of pyridine rings is 1. The van der Waals surface area contributed by atoms with E-state index in [0.717, 1.165) is 0 Å². The van der Waals surface area contributed by atoms with Crippen LogP contribution in [0.15, 0.2) is 65.8 Å². The van der Waals surface area contributed by atoms with Crippen LogP contribution in [0.2, 0.25) is 0 Å². The van der Waals surface area contributed by atoms with Crippen LogP contribution < -0.4 is 5.32 Å². The van der Waals surface area contributed by atoms with Crippen molar-refractivity contribution in [3.8, 4) is 11.5 Å². The van der Waals surface area contributed by atoms with Crippen LogP contribution in [0, 0.1) is 10.1 Å². The normalized spacial score (nSPS) is 10.8. The molecule has 0 saturated carbocycles. The summed E-state index contributed by atoms with van der Waals surface area (Å²) in [6.07, 6.45) is 1.66. The number of hydrogen-bond donors (Lipinski definition) is 1. The number of aromatic nitrogens is 5. The Kier molecular flexibility index (Phi) is 5.12. The number of benzene rings is 1. The van der Waals surface area contributed by atoms with Gasteiger partial charge in [-0.2, -0.15) is 9.61 Å². The number of hydrogen-bond acceptors (Lipinski definition) is 8. The van der Waals surface area contributed by atoms with Gasteiger partial charge < -0.3 is 5.32 Å². The quantitative estimate of drug-likeness (QED) is 0.293. The molecule has 144 valence electrons. The van der Waals surface area contributed by atoms with Crippen molar-refractivity contribution in [2.75, 3.05) is 11.1 Å². The Balaban J connectivity index is 1.46. The van der Waals surface area contributed by atoms with Crippen LogP contribution in [-0.4, -0.2) is 41.4 Å². The molecular weight excluding hydrogens is 394 g/mol. The minimum absolute atomic E-state index is 0.0856. The average molecular weight is 407 g/mol. The van der Waals surface area contributed by atoms with Gasteiger partial charge in [0.25, 0.3) is 5.69 Å². The highest BCUT2D eigenvalue weighted by Gasteiger charge is 2.12. The fourth-order valence-electron chi connectivity index (χ4n) is 2.54. The third-order valence-electron chi connectivity index (χ3n) is 3.82. The van der Waals surface area contributed by atoms with Crippen molar-refractivity contribution < 1.29 is 9.72 Å². The zero-order valence-electron chi connectivity index (χ0n) is 14.8. The Morgan fingerprint density at radius 1 is 1.14 bits per heavy atom. The Labute approximate surface area is 168 Å². The first-order valence-electron chi connectivity index (χ1n) is 8.41. The molecule has 0 unspecified atom stereocenters. The molecule has 0 radical (unpaired) electrons. The molecule has 1 amide bonds. The van der Waals surface area contributed by atoms with E-state index in [2.05, 4.69) is 25.6 Å². The van der Waals surface area contributed by atoms with E-state index in [4.69, 9.17) is 0 Å². The van der Waals surface area contributed by atoms with Crippen LogP contribution in [-0.2, 0) is 4.79 Å². The van der Waals surface area contributed by atoms with Crippen LogP contribution >= 0.6 is 11.8 Å². The van der Waals surface area contributed by atoms with Crippen LogP contribution in [0.1, 0.15) is 0 Å². The lowest BCUT2D eigenvalue weighted by Crippen LogP contribution is -2.14. The Morgan fingerprint density at radius 2 is 2.03 bits per heavy atom. The smallest absolute Gasteiger partial charge is 0.271 e. The number of carbonyl (C=O) groups excluding carboxylic acids is 1. The van der Waals surface area contributed by atoms with Crippen molar-refractivity contribution in [2.24, 2.45) is 0 Å². The summed E-state index contributed by atoms with van der Waals surface area (Å²) >= 11 is 1.23. The maximum absolute atomic E-state index is 12.2. The number of anilines is 1. The summed E-state index contributed by atoms with van der Waals surface area (Å²) < 4.78 is 1.57. The lowest BCUT2D eigenvalue weighted by atomic mass is 10.3. The van der Waals surface area contributed by atoms with E-state index in [-0.39, 0.29) is 17.3 Å². The summed E-state index contributed by atoms with van der Waals surface area (Å²) in [6.45, 7) is 0. The number of fused-ring (bicyclic) bond motifs is 1. The zero-order valence-corrected chi connectivity index (χ0v) is 15.6. The number of nitrogens with zero attached hydrogens (tertiary/aromatic N) is 6. The van der Waals surface area contributed by atoms with E-state index < -0.39 is 4.92 Å². The molecule has 0 aliphatic rings. The molecule has 0 aliphatic heterocycles. The van der Waals surface area contributed by atoms with Gasteiger partial charge in [0.1, 0.15) is 10.7 Å². The van der Waals surface area contributed by atoms with Gasteiger partial charge >= 0.3 is 0 Å². The fraction of sp³-hybridized carbons (Fsp3) is 0.0556. The summed E-state index contributed by atoms with van der Waals surface area (Å²) in [5.74, 6) is 0.289. The molecule has 4 rings (SSSR count). The summed E-state index contributed by atoms with van der Waals surface area (Å²) in [5.41, 5.74) is 1.48. The van der Waals surface area contributed by atoms with Crippen LogP contribution in [0.3, 0.4) is 0 Å². The molecule has 1 aromatic carbocycles. The summed E-state index contributed by atoms with van der Waals surface area (Å²) in [7, 11) is 0. The van der Waals surface area contributed by atoms with E-state index in [1.807, 2.05) is 12.1 Å². The molecular formula is C18H13N7O3S. The number of rotatable bonds is 6. The summed E-state index contributed by atoms with van der Waals surface area (Å²) in [6, 6.07) is 14.7. The van der Waals surface area contributed by atoms with Crippen LogP contribution in [0.4, 0.5) is 11.4 Å². The Hall–Kier alpha value is -3.86. The number of nitrogens with one attached hydrogen (secondary N) is 1. The number of nitro groups is 1. The van der Waals surface area contributed by atoms with E-state index in [1.165, 1.54) is 30.0 Å². The standard InChI is InChI=1S/C18H13N7O3S/c26-16(20-12-4-3-5-13(10-12)25(27)28)11-29-17-8-7-15-21-22-18(24(15)23-17)14-6-1-2-9-19-14/h1-10H,11H2,(H,20,26). The molecule has 4 aromatic rings. The summed E-state index contributed by atoms with van der Waals surface area (Å²) in [4.78, 5) is 26.8. The molecule has 29 heavy (non-hydrogen) atoms. The minimum atomic E-state index is -0.512. The van der Waals surface area contributed by atoms with E-state index in [1.54, 1.807) is 35.0 Å². The second-order valence-corrected chi connectivity index (χ2v) is 6.82. The molecule has 0 saturated heterocycles. The van der Waals surface area contributed by atoms with Gasteiger partial charge in [-0.05, 0) is 30.3 Å². The van der Waals surface area contributed by atoms with Gasteiger partial charge in [0.05, 0.1) is 10.7 Å². The fourth-order valence-corrected chi connectivity index (χ4v) is 3.19. The highest BCUT2D eigenvalue weighted by molar-refractivity contribution is 7.99. The number of thioether (sulfide) groups is 1. The predicted octanol–water partition coefficient (Wildman–Crippen LogP) is 2.83. The molecule has 0 bridgehead atoms. The highest BCUT2D eigenvalue weighted by Crippen LogP contribution is 2.21. The number of non-ortho nitro benzene ring substituents is 1.